The van der Waals surface area contributed by atoms with Gasteiger partial charge in [-0.2, -0.15) is 0 Å². The molecule has 0 saturated heterocycles. The molecule has 1 aromatic heterocycles. The van der Waals surface area contributed by atoms with Gasteiger partial charge in [-0.15, -0.1) is 11.3 Å². The highest BCUT2D eigenvalue weighted by molar-refractivity contribution is 7.09. The van der Waals surface area contributed by atoms with E-state index in [1.165, 1.54) is 30.0 Å². The fourth-order valence-electron chi connectivity index (χ4n) is 2.63. The Bertz CT molecular complexity index is 392. The largest absolute Gasteiger partial charge is 0.330 e. The zero-order valence-corrected chi connectivity index (χ0v) is 10.2. The Kier molecular flexibility index (Phi) is 1.85. The molecule has 1 atom stereocenters. The summed E-state index contributed by atoms with van der Waals surface area (Å²) in [5, 5.41) is 3.59. The topological polar surface area (TPSA) is 38.9 Å². The van der Waals surface area contributed by atoms with Crippen LogP contribution in [0.25, 0.3) is 0 Å². The Balaban J connectivity index is 1.91. The van der Waals surface area contributed by atoms with Crippen molar-refractivity contribution < 1.29 is 0 Å². The molecule has 2 aliphatic rings. The van der Waals surface area contributed by atoms with Gasteiger partial charge < -0.3 is 5.73 Å². The summed E-state index contributed by atoms with van der Waals surface area (Å²) in [6.45, 7) is 5.35. The molecule has 2 N–H and O–H groups in total. The SMILES string of the molecule is CC1(C)CC1(CN)c1csc(C2CC2)n1. The molecule has 3 heteroatoms. The quantitative estimate of drug-likeness (QED) is 0.854. The van der Waals surface area contributed by atoms with E-state index in [4.69, 9.17) is 10.7 Å². The van der Waals surface area contributed by atoms with Gasteiger partial charge in [-0.25, -0.2) is 4.98 Å². The minimum absolute atomic E-state index is 0.191. The number of nitrogens with two attached hydrogens (primary N) is 1. The average molecular weight is 222 g/mol. The molecule has 2 nitrogen and oxygen atoms in total. The normalized spacial score (nSPS) is 33.0. The Morgan fingerprint density at radius 3 is 2.67 bits per heavy atom. The van der Waals surface area contributed by atoms with E-state index in [1.54, 1.807) is 0 Å². The van der Waals surface area contributed by atoms with E-state index in [0.717, 1.165) is 12.5 Å². The zero-order chi connectivity index (χ0) is 10.7. The summed E-state index contributed by atoms with van der Waals surface area (Å²) in [5.41, 5.74) is 7.76. The summed E-state index contributed by atoms with van der Waals surface area (Å²) in [6.07, 6.45) is 3.88. The fourth-order valence-corrected chi connectivity index (χ4v) is 3.72. The smallest absolute Gasteiger partial charge is 0.0959 e. The van der Waals surface area contributed by atoms with Gasteiger partial charge in [0.1, 0.15) is 0 Å². The van der Waals surface area contributed by atoms with Crippen molar-refractivity contribution in [2.24, 2.45) is 11.1 Å². The molecule has 1 aromatic rings. The summed E-state index contributed by atoms with van der Waals surface area (Å²) >= 11 is 1.84. The third-order valence-corrected chi connectivity index (χ3v) is 5.21. The maximum atomic E-state index is 5.94. The highest BCUT2D eigenvalue weighted by atomic mass is 32.1. The zero-order valence-electron chi connectivity index (χ0n) is 9.42. The molecule has 0 bridgehead atoms. The maximum absolute atomic E-state index is 5.94. The van der Waals surface area contributed by atoms with Crippen LogP contribution in [0.15, 0.2) is 5.38 Å². The van der Waals surface area contributed by atoms with Crippen LogP contribution in [-0.2, 0) is 5.41 Å². The van der Waals surface area contributed by atoms with Crippen molar-refractivity contribution in [2.75, 3.05) is 6.54 Å². The number of hydrogen-bond acceptors (Lipinski definition) is 3. The van der Waals surface area contributed by atoms with Gasteiger partial charge in [0.2, 0.25) is 0 Å². The van der Waals surface area contributed by atoms with Crippen molar-refractivity contribution in [1.29, 1.82) is 0 Å². The highest BCUT2D eigenvalue weighted by Crippen LogP contribution is 2.63. The van der Waals surface area contributed by atoms with Crippen molar-refractivity contribution in [1.82, 2.24) is 4.98 Å². The van der Waals surface area contributed by atoms with Gasteiger partial charge in [0, 0.05) is 23.3 Å². The molecule has 2 fully saturated rings. The Morgan fingerprint density at radius 2 is 2.20 bits per heavy atom. The number of hydrogen-bond donors (Lipinski definition) is 1. The van der Waals surface area contributed by atoms with Gasteiger partial charge in [-0.1, -0.05) is 13.8 Å². The van der Waals surface area contributed by atoms with Gasteiger partial charge >= 0.3 is 0 Å². The Morgan fingerprint density at radius 1 is 1.53 bits per heavy atom. The fraction of sp³-hybridized carbons (Fsp3) is 0.750. The third-order valence-electron chi connectivity index (χ3n) is 4.20. The summed E-state index contributed by atoms with van der Waals surface area (Å²) in [5.74, 6) is 0.778. The standard InChI is InChI=1S/C12H18N2S/c1-11(2)6-12(11,7-13)9-5-15-10(14-9)8-3-4-8/h5,8H,3-4,6-7,13H2,1-2H3. The van der Waals surface area contributed by atoms with Crippen molar-refractivity contribution in [3.63, 3.8) is 0 Å². The molecule has 82 valence electrons. The number of aromatic nitrogens is 1. The van der Waals surface area contributed by atoms with Crippen LogP contribution in [0.2, 0.25) is 0 Å². The molecule has 15 heavy (non-hydrogen) atoms. The van der Waals surface area contributed by atoms with Crippen molar-refractivity contribution in [2.45, 2.75) is 44.4 Å². The molecule has 0 radical (unpaired) electrons. The molecule has 2 aliphatic carbocycles. The monoisotopic (exact) mass is 222 g/mol. The number of rotatable bonds is 3. The van der Waals surface area contributed by atoms with Crippen molar-refractivity contribution in [3.05, 3.63) is 16.1 Å². The van der Waals surface area contributed by atoms with Crippen LogP contribution in [0.3, 0.4) is 0 Å². The molecule has 0 amide bonds. The van der Waals surface area contributed by atoms with E-state index in [0.29, 0.717) is 5.41 Å². The first-order valence-corrected chi connectivity index (χ1v) is 6.63. The third kappa shape index (κ3) is 1.29. The highest BCUT2D eigenvalue weighted by Gasteiger charge is 2.62. The lowest BCUT2D eigenvalue weighted by atomic mass is 9.93. The van der Waals surface area contributed by atoms with Crippen LogP contribution in [0.5, 0.6) is 0 Å². The van der Waals surface area contributed by atoms with Gasteiger partial charge in [-0.05, 0) is 24.7 Å². The van der Waals surface area contributed by atoms with Crippen LogP contribution >= 0.6 is 11.3 Å². The Hall–Kier alpha value is -0.410. The maximum Gasteiger partial charge on any atom is 0.0959 e. The van der Waals surface area contributed by atoms with Gasteiger partial charge in [0.25, 0.3) is 0 Å². The lowest BCUT2D eigenvalue weighted by Crippen LogP contribution is -2.25. The first kappa shape index (κ1) is 9.79. The molecule has 2 saturated carbocycles. The minimum atomic E-state index is 0.191. The second-order valence-corrected chi connectivity index (χ2v) is 6.58. The van der Waals surface area contributed by atoms with Crippen molar-refractivity contribution >= 4 is 11.3 Å². The minimum Gasteiger partial charge on any atom is -0.330 e. The van der Waals surface area contributed by atoms with E-state index in [2.05, 4.69) is 19.2 Å². The number of nitrogens with zero attached hydrogens (tertiary/aromatic N) is 1. The molecule has 1 heterocycles. The predicted molar refractivity (Wildman–Crippen MR) is 63.2 cm³/mol. The first-order valence-electron chi connectivity index (χ1n) is 5.75. The van der Waals surface area contributed by atoms with Crippen LogP contribution in [0.1, 0.15) is 49.7 Å². The van der Waals surface area contributed by atoms with E-state index in [1.807, 2.05) is 11.3 Å². The average Bonchev–Trinajstić information content (AvgIpc) is 3.07. The summed E-state index contributed by atoms with van der Waals surface area (Å²) in [6, 6.07) is 0. The van der Waals surface area contributed by atoms with E-state index in [-0.39, 0.29) is 5.41 Å². The lowest BCUT2D eigenvalue weighted by Gasteiger charge is -2.15. The molecule has 0 aromatic carbocycles. The molecular formula is C12H18N2S. The van der Waals surface area contributed by atoms with Crippen LogP contribution in [-0.4, -0.2) is 11.5 Å². The first-order chi connectivity index (χ1) is 7.09. The van der Waals surface area contributed by atoms with Crippen LogP contribution in [0.4, 0.5) is 0 Å². The van der Waals surface area contributed by atoms with Crippen molar-refractivity contribution in [3.8, 4) is 0 Å². The summed E-state index contributed by atoms with van der Waals surface area (Å²) in [4.78, 5) is 4.81. The molecule has 3 rings (SSSR count). The predicted octanol–water partition coefficient (Wildman–Crippen LogP) is 2.65. The van der Waals surface area contributed by atoms with Gasteiger partial charge in [-0.3, -0.25) is 0 Å². The van der Waals surface area contributed by atoms with E-state index < -0.39 is 0 Å². The van der Waals surface area contributed by atoms with E-state index >= 15 is 0 Å². The molecule has 1 unspecified atom stereocenters. The molecule has 0 spiro atoms. The van der Waals surface area contributed by atoms with Crippen LogP contribution in [0, 0.1) is 5.41 Å². The van der Waals surface area contributed by atoms with E-state index in [9.17, 15) is 0 Å². The van der Waals surface area contributed by atoms with Gasteiger partial charge in [0.05, 0.1) is 10.7 Å². The summed E-state index contributed by atoms with van der Waals surface area (Å²) in [7, 11) is 0. The lowest BCUT2D eigenvalue weighted by molar-refractivity contribution is 0.494. The van der Waals surface area contributed by atoms with Crippen LogP contribution < -0.4 is 5.73 Å². The second kappa shape index (κ2) is 2.83. The second-order valence-electron chi connectivity index (χ2n) is 5.69. The molecule has 0 aliphatic heterocycles. The van der Waals surface area contributed by atoms with Gasteiger partial charge in [0.15, 0.2) is 0 Å². The Labute approximate surface area is 94.9 Å². The number of thiazole rings is 1. The summed E-state index contributed by atoms with van der Waals surface area (Å²) < 4.78 is 0. The molecular weight excluding hydrogens is 204 g/mol.